The summed E-state index contributed by atoms with van der Waals surface area (Å²) in [5.41, 5.74) is 1.50. The van der Waals surface area contributed by atoms with E-state index in [9.17, 15) is 4.79 Å². The molecule has 1 N–H and O–H groups in total. The Kier molecular flexibility index (Phi) is 6.48. The lowest BCUT2D eigenvalue weighted by atomic mass is 10.2. The van der Waals surface area contributed by atoms with E-state index < -0.39 is 0 Å². The maximum absolute atomic E-state index is 12.3. The predicted octanol–water partition coefficient (Wildman–Crippen LogP) is 5.74. The number of nitrogens with zero attached hydrogens (tertiary/aromatic N) is 3. The van der Waals surface area contributed by atoms with Crippen molar-refractivity contribution in [3.8, 4) is 0 Å². The zero-order chi connectivity index (χ0) is 18.5. The van der Waals surface area contributed by atoms with Gasteiger partial charge in [0.15, 0.2) is 4.34 Å². The van der Waals surface area contributed by atoms with Crippen LogP contribution in [0.25, 0.3) is 0 Å². The highest BCUT2D eigenvalue weighted by atomic mass is 35.5. The summed E-state index contributed by atoms with van der Waals surface area (Å²) >= 11 is 14.8. The molecule has 134 valence electrons. The van der Waals surface area contributed by atoms with Crippen LogP contribution in [-0.4, -0.2) is 21.1 Å². The third-order valence-electron chi connectivity index (χ3n) is 3.42. The Labute approximate surface area is 169 Å². The van der Waals surface area contributed by atoms with Gasteiger partial charge in [-0.3, -0.25) is 15.1 Å². The number of benzene rings is 1. The molecule has 0 saturated heterocycles. The molecule has 5 nitrogen and oxygen atoms in total. The number of halogens is 2. The standard InChI is InChI=1S/C17H14Cl2N4OS2/c1-2-14(10-4-3-5-20-9-10)25-17-23-22-16(26-17)21-15(24)11-6-12(18)8-13(19)7-11/h3-9,14H,2H2,1H3,(H,21,22,24). The highest BCUT2D eigenvalue weighted by molar-refractivity contribution is 8.01. The molecule has 3 rings (SSSR count). The van der Waals surface area contributed by atoms with Crippen LogP contribution in [0, 0.1) is 0 Å². The Hall–Kier alpha value is -1.67. The second-order valence-corrected chi connectivity index (χ2v) is 8.59. The first-order valence-corrected chi connectivity index (χ1v) is 10.2. The number of carbonyl (C=O) groups excluding carboxylic acids is 1. The Morgan fingerprint density at radius 1 is 1.27 bits per heavy atom. The summed E-state index contributed by atoms with van der Waals surface area (Å²) in [4.78, 5) is 16.5. The monoisotopic (exact) mass is 424 g/mol. The van der Waals surface area contributed by atoms with Crippen LogP contribution in [-0.2, 0) is 0 Å². The largest absolute Gasteiger partial charge is 0.296 e. The lowest BCUT2D eigenvalue weighted by Gasteiger charge is -2.11. The Balaban J connectivity index is 1.68. The molecule has 1 unspecified atom stereocenters. The molecule has 0 saturated carbocycles. The van der Waals surface area contributed by atoms with E-state index in [0.29, 0.717) is 20.7 Å². The van der Waals surface area contributed by atoms with Crippen molar-refractivity contribution >= 4 is 57.3 Å². The third-order valence-corrected chi connectivity index (χ3v) is 6.20. The summed E-state index contributed by atoms with van der Waals surface area (Å²) in [5.74, 6) is -0.332. The van der Waals surface area contributed by atoms with Crippen molar-refractivity contribution in [3.63, 3.8) is 0 Å². The molecule has 1 atom stereocenters. The lowest BCUT2D eigenvalue weighted by Crippen LogP contribution is -2.11. The van der Waals surface area contributed by atoms with Gasteiger partial charge < -0.3 is 0 Å². The fourth-order valence-electron chi connectivity index (χ4n) is 2.24. The van der Waals surface area contributed by atoms with Gasteiger partial charge in [0.1, 0.15) is 0 Å². The molecule has 0 aliphatic heterocycles. The van der Waals surface area contributed by atoms with E-state index in [1.807, 2.05) is 18.3 Å². The van der Waals surface area contributed by atoms with E-state index in [-0.39, 0.29) is 11.2 Å². The summed E-state index contributed by atoms with van der Waals surface area (Å²) in [6.45, 7) is 2.11. The van der Waals surface area contributed by atoms with Crippen LogP contribution < -0.4 is 5.32 Å². The van der Waals surface area contributed by atoms with Gasteiger partial charge in [-0.2, -0.15) is 0 Å². The number of anilines is 1. The average Bonchev–Trinajstić information content (AvgIpc) is 3.06. The van der Waals surface area contributed by atoms with Crippen molar-refractivity contribution in [1.29, 1.82) is 0 Å². The number of carbonyl (C=O) groups is 1. The van der Waals surface area contributed by atoms with Crippen LogP contribution in [0.3, 0.4) is 0 Å². The highest BCUT2D eigenvalue weighted by Gasteiger charge is 2.16. The first kappa shape index (κ1) is 19.1. The zero-order valence-corrected chi connectivity index (χ0v) is 16.8. The molecule has 3 aromatic rings. The maximum atomic E-state index is 12.3. The maximum Gasteiger partial charge on any atom is 0.257 e. The van der Waals surface area contributed by atoms with E-state index >= 15 is 0 Å². The summed E-state index contributed by atoms with van der Waals surface area (Å²) in [6.07, 6.45) is 4.54. The summed E-state index contributed by atoms with van der Waals surface area (Å²) < 4.78 is 0.778. The van der Waals surface area contributed by atoms with Crippen molar-refractivity contribution < 1.29 is 4.79 Å². The van der Waals surface area contributed by atoms with Crippen molar-refractivity contribution in [1.82, 2.24) is 15.2 Å². The van der Waals surface area contributed by atoms with Crippen LogP contribution in [0.15, 0.2) is 47.1 Å². The van der Waals surface area contributed by atoms with Crippen LogP contribution in [0.4, 0.5) is 5.13 Å². The van der Waals surface area contributed by atoms with E-state index in [4.69, 9.17) is 23.2 Å². The zero-order valence-electron chi connectivity index (χ0n) is 13.6. The van der Waals surface area contributed by atoms with Gasteiger partial charge in [-0.1, -0.05) is 59.3 Å². The molecule has 0 aliphatic carbocycles. The van der Waals surface area contributed by atoms with Crippen LogP contribution in [0.2, 0.25) is 10.0 Å². The van der Waals surface area contributed by atoms with Crippen molar-refractivity contribution in [2.75, 3.05) is 5.32 Å². The molecule has 0 bridgehead atoms. The molecule has 0 radical (unpaired) electrons. The predicted molar refractivity (Wildman–Crippen MR) is 107 cm³/mol. The molecular formula is C17H14Cl2N4OS2. The molecule has 0 fully saturated rings. The van der Waals surface area contributed by atoms with Crippen molar-refractivity contribution in [3.05, 3.63) is 63.9 Å². The van der Waals surface area contributed by atoms with Crippen LogP contribution >= 0.6 is 46.3 Å². The third kappa shape index (κ3) is 4.94. The lowest BCUT2D eigenvalue weighted by molar-refractivity contribution is 0.102. The minimum Gasteiger partial charge on any atom is -0.296 e. The van der Waals surface area contributed by atoms with Gasteiger partial charge in [-0.05, 0) is 36.2 Å². The molecule has 2 heterocycles. The summed E-state index contributed by atoms with van der Waals surface area (Å²) in [6, 6.07) is 8.63. The number of thioether (sulfide) groups is 1. The van der Waals surface area contributed by atoms with Gasteiger partial charge in [-0.15, -0.1) is 10.2 Å². The smallest absolute Gasteiger partial charge is 0.257 e. The van der Waals surface area contributed by atoms with Gasteiger partial charge in [0.25, 0.3) is 5.91 Å². The molecule has 0 spiro atoms. The summed E-state index contributed by atoms with van der Waals surface area (Å²) in [5, 5.41) is 12.4. The van der Waals surface area contributed by atoms with Crippen LogP contribution in [0.1, 0.15) is 34.5 Å². The topological polar surface area (TPSA) is 67.8 Å². The van der Waals surface area contributed by atoms with Crippen molar-refractivity contribution in [2.45, 2.75) is 22.9 Å². The molecule has 1 aromatic carbocycles. The first-order chi connectivity index (χ1) is 12.5. The second-order valence-electron chi connectivity index (χ2n) is 5.29. The number of aromatic nitrogens is 3. The molecule has 0 aliphatic rings. The van der Waals surface area contributed by atoms with Crippen LogP contribution in [0.5, 0.6) is 0 Å². The number of amides is 1. The van der Waals surface area contributed by atoms with E-state index in [1.54, 1.807) is 36.2 Å². The first-order valence-electron chi connectivity index (χ1n) is 7.72. The van der Waals surface area contributed by atoms with Gasteiger partial charge >= 0.3 is 0 Å². The number of nitrogens with one attached hydrogen (secondary N) is 1. The fraction of sp³-hybridized carbons (Fsp3) is 0.176. The number of rotatable bonds is 6. The highest BCUT2D eigenvalue weighted by Crippen LogP contribution is 2.39. The second kappa shape index (κ2) is 8.81. The number of hydrogen-bond acceptors (Lipinski definition) is 6. The van der Waals surface area contributed by atoms with Crippen molar-refractivity contribution in [2.24, 2.45) is 0 Å². The molecular weight excluding hydrogens is 411 g/mol. The van der Waals surface area contributed by atoms with Gasteiger partial charge in [-0.25, -0.2) is 0 Å². The average molecular weight is 425 g/mol. The molecule has 1 amide bonds. The minimum atomic E-state index is -0.332. The van der Waals surface area contributed by atoms with Gasteiger partial charge in [0.2, 0.25) is 5.13 Å². The van der Waals surface area contributed by atoms with Gasteiger partial charge in [0.05, 0.1) is 0 Å². The van der Waals surface area contributed by atoms with E-state index in [1.165, 1.54) is 11.3 Å². The molecule has 9 heteroatoms. The Bertz CT molecular complexity index is 885. The number of hydrogen-bond donors (Lipinski definition) is 1. The van der Waals surface area contributed by atoms with E-state index in [0.717, 1.165) is 16.3 Å². The normalized spacial score (nSPS) is 12.0. The minimum absolute atomic E-state index is 0.229. The fourth-order valence-corrected chi connectivity index (χ4v) is 4.79. The Morgan fingerprint density at radius 2 is 2.04 bits per heavy atom. The Morgan fingerprint density at radius 3 is 2.69 bits per heavy atom. The SMILES string of the molecule is CCC(Sc1nnc(NC(=O)c2cc(Cl)cc(Cl)c2)s1)c1cccnc1. The molecule has 26 heavy (non-hydrogen) atoms. The summed E-state index contributed by atoms with van der Waals surface area (Å²) in [7, 11) is 0. The quantitative estimate of drug-likeness (QED) is 0.403. The van der Waals surface area contributed by atoms with E-state index in [2.05, 4.69) is 27.4 Å². The molecule has 2 aromatic heterocycles. The number of pyridine rings is 1. The van der Waals surface area contributed by atoms with Gasteiger partial charge in [0, 0.05) is 33.3 Å².